The molecule has 1 atom stereocenters. The lowest BCUT2D eigenvalue weighted by molar-refractivity contribution is 0.345. The summed E-state index contributed by atoms with van der Waals surface area (Å²) in [5.74, 6) is 0.620. The number of fused-ring (bicyclic) bond motifs is 1. The van der Waals surface area contributed by atoms with Crippen molar-refractivity contribution in [3.05, 3.63) is 48.4 Å². The highest BCUT2D eigenvalue weighted by Crippen LogP contribution is 2.26. The fourth-order valence-corrected chi connectivity index (χ4v) is 4.89. The summed E-state index contributed by atoms with van der Waals surface area (Å²) < 4.78 is 29.0. The van der Waals surface area contributed by atoms with Gasteiger partial charge in [0.1, 0.15) is 12.1 Å². The van der Waals surface area contributed by atoms with Crippen LogP contribution in [0.2, 0.25) is 0 Å². The summed E-state index contributed by atoms with van der Waals surface area (Å²) in [5.41, 5.74) is 1.35. The second kappa shape index (κ2) is 7.10. The molecule has 9 heteroatoms. The van der Waals surface area contributed by atoms with Gasteiger partial charge in [-0.15, -0.1) is 0 Å². The molecular weight excluding hydrogens is 386 g/mol. The summed E-state index contributed by atoms with van der Waals surface area (Å²) in [5, 5.41) is 4.05. The maximum Gasteiger partial charge on any atom is 0.269 e. The van der Waals surface area contributed by atoms with Crippen LogP contribution in [0.3, 0.4) is 0 Å². The third kappa shape index (κ3) is 3.52. The van der Waals surface area contributed by atoms with Crippen LogP contribution in [0.25, 0.3) is 11.0 Å². The monoisotopic (exact) mass is 405 g/mol. The SMILES string of the molecule is Cc1ccc(S(=O)(=O)n2ccc3c(N[C@@H]4CCCN(Cl)C4)ncnc32)cc1. The van der Waals surface area contributed by atoms with Gasteiger partial charge in [0.2, 0.25) is 0 Å². The third-order valence-electron chi connectivity index (χ3n) is 4.74. The highest BCUT2D eigenvalue weighted by atomic mass is 35.5. The van der Waals surface area contributed by atoms with E-state index in [1.807, 2.05) is 6.92 Å². The van der Waals surface area contributed by atoms with Crippen LogP contribution in [0.4, 0.5) is 5.82 Å². The van der Waals surface area contributed by atoms with Crippen molar-refractivity contribution in [2.45, 2.75) is 30.7 Å². The molecule has 0 saturated carbocycles. The maximum absolute atomic E-state index is 13.0. The topological polar surface area (TPSA) is 80.1 Å². The van der Waals surface area contributed by atoms with E-state index in [0.717, 1.165) is 24.9 Å². The van der Waals surface area contributed by atoms with Gasteiger partial charge >= 0.3 is 0 Å². The van der Waals surface area contributed by atoms with Gasteiger partial charge in [0.25, 0.3) is 10.0 Å². The van der Waals surface area contributed by atoms with Crippen molar-refractivity contribution in [3.63, 3.8) is 0 Å². The summed E-state index contributed by atoms with van der Waals surface area (Å²) in [6.45, 7) is 3.49. The van der Waals surface area contributed by atoms with Gasteiger partial charge in [-0.25, -0.2) is 26.8 Å². The van der Waals surface area contributed by atoms with E-state index in [-0.39, 0.29) is 10.9 Å². The molecule has 1 aliphatic heterocycles. The molecule has 4 rings (SSSR count). The molecule has 7 nitrogen and oxygen atoms in total. The molecule has 2 aromatic heterocycles. The fourth-order valence-electron chi connectivity index (χ4n) is 3.30. The number of rotatable bonds is 4. The first-order valence-electron chi connectivity index (χ1n) is 8.77. The molecule has 142 valence electrons. The molecule has 1 N–H and O–H groups in total. The van der Waals surface area contributed by atoms with Gasteiger partial charge in [0.05, 0.1) is 10.3 Å². The van der Waals surface area contributed by atoms with E-state index in [2.05, 4.69) is 15.3 Å². The first-order valence-corrected chi connectivity index (χ1v) is 10.5. The molecule has 1 saturated heterocycles. The van der Waals surface area contributed by atoms with Crippen LogP contribution in [0.5, 0.6) is 0 Å². The summed E-state index contributed by atoms with van der Waals surface area (Å²) in [7, 11) is -3.73. The summed E-state index contributed by atoms with van der Waals surface area (Å²) in [6, 6.07) is 8.65. The molecule has 1 aliphatic rings. The van der Waals surface area contributed by atoms with Crippen molar-refractivity contribution in [3.8, 4) is 0 Å². The van der Waals surface area contributed by atoms with Gasteiger partial charge in [-0.1, -0.05) is 17.7 Å². The van der Waals surface area contributed by atoms with Crippen molar-refractivity contribution in [2.75, 3.05) is 18.4 Å². The Hall–Kier alpha value is -2.16. The maximum atomic E-state index is 13.0. The molecule has 1 fully saturated rings. The predicted molar refractivity (Wildman–Crippen MR) is 105 cm³/mol. The van der Waals surface area contributed by atoms with Gasteiger partial charge in [-0.2, -0.15) is 0 Å². The lowest BCUT2D eigenvalue weighted by Gasteiger charge is -2.28. The van der Waals surface area contributed by atoms with Gasteiger partial charge in [-0.3, -0.25) is 0 Å². The van der Waals surface area contributed by atoms with Crippen LogP contribution < -0.4 is 5.32 Å². The predicted octanol–water partition coefficient (Wildman–Crippen LogP) is 3.01. The quantitative estimate of drug-likeness (QED) is 0.672. The average Bonchev–Trinajstić information content (AvgIpc) is 3.08. The molecule has 0 spiro atoms. The first kappa shape index (κ1) is 18.2. The molecule has 0 amide bonds. The summed E-state index contributed by atoms with van der Waals surface area (Å²) in [6.07, 6.45) is 4.89. The second-order valence-corrected chi connectivity index (χ2v) is 9.03. The standard InChI is InChI=1S/C18H20ClN5O2S/c1-13-4-6-15(7-5-13)27(25,26)24-10-8-16-17(20-12-21-18(16)24)22-14-3-2-9-23(19)11-14/h4-8,10,12,14H,2-3,9,11H2,1H3,(H,20,21,22)/t14-/m1/s1. The number of halogens is 1. The highest BCUT2D eigenvalue weighted by molar-refractivity contribution is 7.90. The molecular formula is C18H20ClN5O2S. The fraction of sp³-hybridized carbons (Fsp3) is 0.333. The molecule has 27 heavy (non-hydrogen) atoms. The molecule has 0 unspecified atom stereocenters. The zero-order valence-corrected chi connectivity index (χ0v) is 16.4. The van der Waals surface area contributed by atoms with Crippen LogP contribution >= 0.6 is 11.8 Å². The minimum Gasteiger partial charge on any atom is -0.365 e. The van der Waals surface area contributed by atoms with E-state index in [1.165, 1.54) is 16.5 Å². The van der Waals surface area contributed by atoms with E-state index in [1.54, 1.807) is 34.8 Å². The zero-order chi connectivity index (χ0) is 19.0. The van der Waals surface area contributed by atoms with Crippen LogP contribution in [0.1, 0.15) is 18.4 Å². The van der Waals surface area contributed by atoms with Crippen LogP contribution in [-0.4, -0.2) is 45.9 Å². The van der Waals surface area contributed by atoms with Crippen molar-refractivity contribution in [2.24, 2.45) is 0 Å². The second-order valence-electron chi connectivity index (χ2n) is 6.74. The number of hydrogen-bond donors (Lipinski definition) is 1. The number of piperidine rings is 1. The first-order chi connectivity index (χ1) is 12.9. The minimum atomic E-state index is -3.73. The van der Waals surface area contributed by atoms with Crippen molar-refractivity contribution >= 4 is 38.7 Å². The van der Waals surface area contributed by atoms with E-state index < -0.39 is 10.0 Å². The third-order valence-corrected chi connectivity index (χ3v) is 6.73. The molecule has 0 bridgehead atoms. The van der Waals surface area contributed by atoms with Gasteiger partial charge in [-0.05, 0) is 49.7 Å². The molecule has 3 heterocycles. The average molecular weight is 406 g/mol. The Labute approximate surface area is 163 Å². The van der Waals surface area contributed by atoms with Crippen LogP contribution in [-0.2, 0) is 10.0 Å². The van der Waals surface area contributed by atoms with Crippen molar-refractivity contribution < 1.29 is 8.42 Å². The Morgan fingerprint density at radius 3 is 2.70 bits per heavy atom. The Kier molecular flexibility index (Phi) is 4.79. The molecule has 1 aromatic carbocycles. The van der Waals surface area contributed by atoms with E-state index in [4.69, 9.17) is 11.8 Å². The molecule has 0 radical (unpaired) electrons. The smallest absolute Gasteiger partial charge is 0.269 e. The largest absolute Gasteiger partial charge is 0.365 e. The van der Waals surface area contributed by atoms with E-state index in [0.29, 0.717) is 23.4 Å². The Bertz CT molecular complexity index is 1070. The minimum absolute atomic E-state index is 0.159. The van der Waals surface area contributed by atoms with E-state index >= 15 is 0 Å². The molecule has 0 aliphatic carbocycles. The summed E-state index contributed by atoms with van der Waals surface area (Å²) in [4.78, 5) is 8.75. The number of anilines is 1. The van der Waals surface area contributed by atoms with Crippen molar-refractivity contribution in [1.82, 2.24) is 18.4 Å². The number of hydrogen-bond acceptors (Lipinski definition) is 6. The number of nitrogens with one attached hydrogen (secondary N) is 1. The van der Waals surface area contributed by atoms with Crippen molar-refractivity contribution in [1.29, 1.82) is 0 Å². The number of nitrogens with zero attached hydrogens (tertiary/aromatic N) is 4. The van der Waals surface area contributed by atoms with Gasteiger partial charge in [0.15, 0.2) is 5.65 Å². The van der Waals surface area contributed by atoms with Crippen LogP contribution in [0, 0.1) is 6.92 Å². The summed E-state index contributed by atoms with van der Waals surface area (Å²) >= 11 is 6.12. The lowest BCUT2D eigenvalue weighted by Crippen LogP contribution is -2.37. The highest BCUT2D eigenvalue weighted by Gasteiger charge is 2.23. The van der Waals surface area contributed by atoms with Crippen LogP contribution in [0.15, 0.2) is 47.8 Å². The lowest BCUT2D eigenvalue weighted by atomic mass is 10.1. The number of benzene rings is 1. The van der Waals surface area contributed by atoms with Gasteiger partial charge in [0, 0.05) is 25.3 Å². The molecule has 3 aromatic rings. The normalized spacial score (nSPS) is 18.7. The Morgan fingerprint density at radius 1 is 1.19 bits per heavy atom. The Balaban J connectivity index is 1.71. The van der Waals surface area contributed by atoms with E-state index in [9.17, 15) is 8.42 Å². The van der Waals surface area contributed by atoms with Gasteiger partial charge < -0.3 is 5.32 Å². The number of aromatic nitrogens is 3. The number of aryl methyl sites for hydroxylation is 1. The zero-order valence-electron chi connectivity index (χ0n) is 14.8. The Morgan fingerprint density at radius 2 is 1.96 bits per heavy atom.